The number of hydrogen-bond acceptors (Lipinski definition) is 2. The van der Waals surface area contributed by atoms with Crippen LogP contribution in [-0.2, 0) is 13.0 Å². The summed E-state index contributed by atoms with van der Waals surface area (Å²) in [6, 6.07) is 22.7. The molecule has 1 heterocycles. The molecule has 0 fully saturated rings. The molecule has 1 aliphatic rings. The molecule has 1 aromatic heterocycles. The van der Waals surface area contributed by atoms with E-state index < -0.39 is 5.41 Å². The van der Waals surface area contributed by atoms with Gasteiger partial charge in [0.15, 0.2) is 35.9 Å². The second-order valence-electron chi connectivity index (χ2n) is 6.50. The Morgan fingerprint density at radius 3 is 1.77 bits per heavy atom. The molecule has 1 aliphatic carbocycles. The number of rotatable bonds is 4. The van der Waals surface area contributed by atoms with Gasteiger partial charge < -0.3 is 24.0 Å². The molecule has 4 heteroatoms. The molecule has 0 aliphatic heterocycles. The highest BCUT2D eigenvalue weighted by molar-refractivity contribution is 6.29. The molecule has 0 N–H and O–H groups in total. The molecule has 3 nitrogen and oxygen atoms in total. The van der Waals surface area contributed by atoms with Gasteiger partial charge in [-0.2, -0.15) is 0 Å². The van der Waals surface area contributed by atoms with E-state index in [1.807, 2.05) is 77.6 Å². The van der Waals surface area contributed by atoms with E-state index in [2.05, 4.69) is 0 Å². The maximum absolute atomic E-state index is 13.3. The Labute approximate surface area is 169 Å². The molecular weight excluding hydrogens is 437 g/mol. The topological polar surface area (TPSA) is 38.0 Å². The molecule has 0 spiro atoms. The Hall–Kier alpha value is -2.34. The first kappa shape index (κ1) is 18.5. The first-order valence-electron chi connectivity index (χ1n) is 8.37. The van der Waals surface area contributed by atoms with Gasteiger partial charge in [0.25, 0.3) is 0 Å². The van der Waals surface area contributed by atoms with Crippen LogP contribution in [0.1, 0.15) is 26.3 Å². The molecule has 4 rings (SSSR count). The lowest BCUT2D eigenvalue weighted by Crippen LogP contribution is -3.00. The van der Waals surface area contributed by atoms with Crippen molar-refractivity contribution in [2.24, 2.45) is 5.41 Å². The number of pyridine rings is 1. The van der Waals surface area contributed by atoms with Crippen molar-refractivity contribution >= 4 is 11.6 Å². The standard InChI is InChI=1S/C22H18NO2.HI/c24-20-18-11-5-6-12-19(18)21(25)22(20,15-17-9-3-1-4-10-17)16-23-13-7-2-8-14-23;/h1-14H,15-16H2;1H/q+1;/p-1. The minimum absolute atomic E-state index is 0. The minimum atomic E-state index is -1.09. The molecule has 26 heavy (non-hydrogen) atoms. The first-order valence-corrected chi connectivity index (χ1v) is 8.37. The van der Waals surface area contributed by atoms with Crippen molar-refractivity contribution in [3.05, 3.63) is 102 Å². The second kappa shape index (κ2) is 7.50. The number of ketones is 2. The molecule has 130 valence electrons. The van der Waals surface area contributed by atoms with Crippen molar-refractivity contribution in [3.63, 3.8) is 0 Å². The van der Waals surface area contributed by atoms with Crippen LogP contribution in [0, 0.1) is 5.41 Å². The van der Waals surface area contributed by atoms with Crippen LogP contribution >= 0.6 is 0 Å². The summed E-state index contributed by atoms with van der Waals surface area (Å²) in [6.07, 6.45) is 4.20. The number of hydrogen-bond donors (Lipinski definition) is 0. The van der Waals surface area contributed by atoms with Crippen molar-refractivity contribution in [1.82, 2.24) is 0 Å². The predicted molar refractivity (Wildman–Crippen MR) is 94.3 cm³/mol. The predicted octanol–water partition coefficient (Wildman–Crippen LogP) is 0.286. The smallest absolute Gasteiger partial charge is 0.184 e. The van der Waals surface area contributed by atoms with E-state index in [0.29, 0.717) is 24.1 Å². The zero-order chi connectivity index (χ0) is 17.3. The number of aromatic nitrogens is 1. The highest BCUT2D eigenvalue weighted by atomic mass is 127. The molecule has 2 aromatic carbocycles. The van der Waals surface area contributed by atoms with Crippen LogP contribution in [0.4, 0.5) is 0 Å². The fourth-order valence-corrected chi connectivity index (χ4v) is 3.65. The summed E-state index contributed by atoms with van der Waals surface area (Å²) in [5.74, 6) is -0.151. The summed E-state index contributed by atoms with van der Waals surface area (Å²) in [7, 11) is 0. The Morgan fingerprint density at radius 2 is 1.19 bits per heavy atom. The van der Waals surface area contributed by atoms with Gasteiger partial charge in [-0.25, -0.2) is 4.57 Å². The highest BCUT2D eigenvalue weighted by Crippen LogP contribution is 2.40. The normalized spacial score (nSPS) is 14.6. The van der Waals surface area contributed by atoms with Gasteiger partial charge in [-0.05, 0) is 12.0 Å². The fraction of sp³-hybridized carbons (Fsp3) is 0.136. The van der Waals surface area contributed by atoms with Crippen LogP contribution in [0.2, 0.25) is 0 Å². The first-order chi connectivity index (χ1) is 12.2. The number of carbonyl (C=O) groups excluding carboxylic acids is 2. The monoisotopic (exact) mass is 455 g/mol. The van der Waals surface area contributed by atoms with Crippen LogP contribution in [0.15, 0.2) is 85.2 Å². The summed E-state index contributed by atoms with van der Waals surface area (Å²) in [6.45, 7) is 0.342. The molecule has 0 unspecified atom stereocenters. The maximum atomic E-state index is 13.3. The third kappa shape index (κ3) is 3.09. The van der Waals surface area contributed by atoms with Gasteiger partial charge in [-0.15, -0.1) is 0 Å². The van der Waals surface area contributed by atoms with Crippen molar-refractivity contribution in [2.45, 2.75) is 13.0 Å². The number of Topliss-reactive ketones (excluding diaryl/α,β-unsaturated/α-hetero) is 2. The summed E-state index contributed by atoms with van der Waals surface area (Å²) in [5.41, 5.74) is 0.991. The third-order valence-electron chi connectivity index (χ3n) is 4.86. The van der Waals surface area contributed by atoms with Crippen molar-refractivity contribution in [2.75, 3.05) is 0 Å². The Kier molecular flexibility index (Phi) is 5.32. The summed E-state index contributed by atoms with van der Waals surface area (Å²) < 4.78 is 1.92. The van der Waals surface area contributed by atoms with E-state index in [9.17, 15) is 9.59 Å². The molecule has 0 saturated carbocycles. The molecule has 0 bridgehead atoms. The van der Waals surface area contributed by atoms with Gasteiger partial charge in [0.1, 0.15) is 0 Å². The Balaban J connectivity index is 0.00000196. The summed E-state index contributed by atoms with van der Waals surface area (Å²) in [5, 5.41) is 0. The number of benzene rings is 2. The van der Waals surface area contributed by atoms with Gasteiger partial charge in [0, 0.05) is 23.3 Å². The number of nitrogens with zero attached hydrogens (tertiary/aromatic N) is 1. The van der Waals surface area contributed by atoms with Gasteiger partial charge >= 0.3 is 0 Å². The second-order valence-corrected chi connectivity index (χ2v) is 6.50. The number of halogens is 1. The van der Waals surface area contributed by atoms with Gasteiger partial charge in [0.05, 0.1) is 0 Å². The van der Waals surface area contributed by atoms with Gasteiger partial charge in [0.2, 0.25) is 0 Å². The molecule has 0 radical (unpaired) electrons. The van der Waals surface area contributed by atoms with Gasteiger partial charge in [-0.3, -0.25) is 9.59 Å². The van der Waals surface area contributed by atoms with Crippen LogP contribution in [0.3, 0.4) is 0 Å². The van der Waals surface area contributed by atoms with Crippen LogP contribution in [-0.4, -0.2) is 11.6 Å². The summed E-state index contributed by atoms with van der Waals surface area (Å²) >= 11 is 0. The lowest BCUT2D eigenvalue weighted by molar-refractivity contribution is -0.704. The Morgan fingerprint density at radius 1 is 0.692 bits per heavy atom. The van der Waals surface area contributed by atoms with Gasteiger partial charge in [-0.1, -0.05) is 60.7 Å². The quantitative estimate of drug-likeness (QED) is 0.322. The highest BCUT2D eigenvalue weighted by Gasteiger charge is 2.55. The average molecular weight is 455 g/mol. The zero-order valence-electron chi connectivity index (χ0n) is 14.1. The number of carbonyl (C=O) groups is 2. The van der Waals surface area contributed by atoms with E-state index in [4.69, 9.17) is 0 Å². The van der Waals surface area contributed by atoms with Crippen LogP contribution in [0.5, 0.6) is 0 Å². The van der Waals surface area contributed by atoms with Crippen molar-refractivity contribution in [1.29, 1.82) is 0 Å². The minimum Gasteiger partial charge on any atom is -1.00 e. The van der Waals surface area contributed by atoms with E-state index in [0.717, 1.165) is 5.56 Å². The SMILES string of the molecule is O=C1c2ccccc2C(=O)C1(Cc1ccccc1)C[n+]1ccccc1.[I-]. The van der Waals surface area contributed by atoms with Crippen LogP contribution in [0.25, 0.3) is 0 Å². The molecule has 0 saturated heterocycles. The van der Waals surface area contributed by atoms with Crippen molar-refractivity contribution < 1.29 is 38.1 Å². The fourth-order valence-electron chi connectivity index (χ4n) is 3.65. The van der Waals surface area contributed by atoms with Crippen molar-refractivity contribution in [3.8, 4) is 0 Å². The summed E-state index contributed by atoms with van der Waals surface area (Å²) in [4.78, 5) is 26.6. The molecule has 3 aromatic rings. The number of fused-ring (bicyclic) bond motifs is 1. The van der Waals surface area contributed by atoms with E-state index in [1.165, 1.54) is 0 Å². The Bertz CT molecular complexity index is 860. The molecule has 0 amide bonds. The van der Waals surface area contributed by atoms with E-state index in [1.54, 1.807) is 12.1 Å². The lowest BCUT2D eigenvalue weighted by Gasteiger charge is -2.22. The van der Waals surface area contributed by atoms with E-state index in [-0.39, 0.29) is 35.5 Å². The largest absolute Gasteiger partial charge is 1.00 e. The third-order valence-corrected chi connectivity index (χ3v) is 4.86. The maximum Gasteiger partial charge on any atom is 0.184 e. The zero-order valence-corrected chi connectivity index (χ0v) is 16.3. The van der Waals surface area contributed by atoms with E-state index >= 15 is 0 Å². The lowest BCUT2D eigenvalue weighted by atomic mass is 9.76. The molecular formula is C22H18INO2. The van der Waals surface area contributed by atoms with Crippen LogP contribution < -0.4 is 28.5 Å². The average Bonchev–Trinajstić information content (AvgIpc) is 2.86. The molecule has 0 atom stereocenters.